The van der Waals surface area contributed by atoms with Crippen molar-refractivity contribution in [1.82, 2.24) is 29.3 Å². The van der Waals surface area contributed by atoms with Gasteiger partial charge in [-0.15, -0.1) is 24.0 Å². The monoisotopic (exact) mass is 507 g/mol. The maximum atomic E-state index is 4.52. The number of hydrogen-bond donors (Lipinski definition) is 1. The summed E-state index contributed by atoms with van der Waals surface area (Å²) < 4.78 is 4.45. The van der Waals surface area contributed by atoms with Crippen molar-refractivity contribution in [1.29, 1.82) is 0 Å². The van der Waals surface area contributed by atoms with Gasteiger partial charge in [-0.25, -0.2) is 9.97 Å². The Morgan fingerprint density at radius 2 is 2.14 bits per heavy atom. The number of likely N-dealkylation sites (tertiary alicyclic amines) is 1. The highest BCUT2D eigenvalue weighted by Crippen LogP contribution is 2.27. The van der Waals surface area contributed by atoms with Gasteiger partial charge in [0.05, 0.1) is 29.7 Å². The van der Waals surface area contributed by atoms with Gasteiger partial charge in [-0.1, -0.05) is 19.1 Å². The molecule has 2 atom stereocenters. The molecular formula is C21H30IN7. The Bertz CT molecular complexity index is 918. The highest BCUT2D eigenvalue weighted by atomic mass is 127. The van der Waals surface area contributed by atoms with Crippen LogP contribution in [0.4, 0.5) is 0 Å². The van der Waals surface area contributed by atoms with Gasteiger partial charge in [-0.2, -0.15) is 0 Å². The molecule has 1 fully saturated rings. The van der Waals surface area contributed by atoms with Gasteiger partial charge >= 0.3 is 0 Å². The number of fused-ring (bicyclic) bond motifs is 1. The van der Waals surface area contributed by atoms with E-state index in [1.54, 1.807) is 0 Å². The zero-order valence-electron chi connectivity index (χ0n) is 17.1. The van der Waals surface area contributed by atoms with Crippen molar-refractivity contribution in [2.24, 2.45) is 10.9 Å². The SMILES string of the molecule is CN=C(NCCCn1cnc2ccccc21)N1CCC(C)C(n2ccnc2)C1.I. The lowest BCUT2D eigenvalue weighted by Gasteiger charge is -2.39. The summed E-state index contributed by atoms with van der Waals surface area (Å²) in [6, 6.07) is 8.71. The fourth-order valence-corrected chi connectivity index (χ4v) is 4.07. The second-order valence-electron chi connectivity index (χ2n) is 7.54. The maximum Gasteiger partial charge on any atom is 0.193 e. The van der Waals surface area contributed by atoms with Crippen LogP contribution in [0.3, 0.4) is 0 Å². The van der Waals surface area contributed by atoms with E-state index in [1.165, 1.54) is 5.52 Å². The first-order chi connectivity index (χ1) is 13.8. The summed E-state index contributed by atoms with van der Waals surface area (Å²) in [6.45, 7) is 6.16. The molecular weight excluding hydrogens is 477 g/mol. The minimum absolute atomic E-state index is 0. The smallest absolute Gasteiger partial charge is 0.193 e. The van der Waals surface area contributed by atoms with Crippen LogP contribution in [-0.4, -0.2) is 56.6 Å². The van der Waals surface area contributed by atoms with E-state index >= 15 is 0 Å². The molecule has 3 aromatic rings. The Kier molecular flexibility index (Phi) is 7.51. The molecule has 0 aliphatic carbocycles. The number of imidazole rings is 2. The second-order valence-corrected chi connectivity index (χ2v) is 7.54. The van der Waals surface area contributed by atoms with Crippen molar-refractivity contribution in [2.45, 2.75) is 32.4 Å². The van der Waals surface area contributed by atoms with Crippen LogP contribution < -0.4 is 5.32 Å². The Balaban J connectivity index is 0.00000240. The summed E-state index contributed by atoms with van der Waals surface area (Å²) in [5.74, 6) is 1.63. The van der Waals surface area contributed by atoms with Crippen LogP contribution in [0.2, 0.25) is 0 Å². The number of aromatic nitrogens is 4. The molecule has 2 unspecified atom stereocenters. The predicted molar refractivity (Wildman–Crippen MR) is 128 cm³/mol. The third-order valence-electron chi connectivity index (χ3n) is 5.72. The average Bonchev–Trinajstić information content (AvgIpc) is 3.39. The molecule has 0 amide bonds. The van der Waals surface area contributed by atoms with Crippen molar-refractivity contribution in [3.8, 4) is 0 Å². The van der Waals surface area contributed by atoms with Crippen LogP contribution >= 0.6 is 24.0 Å². The number of nitrogens with zero attached hydrogens (tertiary/aromatic N) is 6. The van der Waals surface area contributed by atoms with Gasteiger partial charge in [-0.3, -0.25) is 4.99 Å². The molecule has 0 radical (unpaired) electrons. The number of rotatable bonds is 5. The summed E-state index contributed by atoms with van der Waals surface area (Å²) in [4.78, 5) is 15.6. The van der Waals surface area contributed by atoms with E-state index in [1.807, 2.05) is 32.0 Å². The Morgan fingerprint density at radius 1 is 1.28 bits per heavy atom. The summed E-state index contributed by atoms with van der Waals surface area (Å²) in [5, 5.41) is 3.55. The highest BCUT2D eigenvalue weighted by Gasteiger charge is 2.28. The summed E-state index contributed by atoms with van der Waals surface area (Å²) in [7, 11) is 1.87. The molecule has 29 heavy (non-hydrogen) atoms. The van der Waals surface area contributed by atoms with Gasteiger partial charge in [-0.05, 0) is 30.9 Å². The van der Waals surface area contributed by atoms with Crippen molar-refractivity contribution < 1.29 is 0 Å². The zero-order valence-corrected chi connectivity index (χ0v) is 19.4. The summed E-state index contributed by atoms with van der Waals surface area (Å²) in [5.41, 5.74) is 2.25. The summed E-state index contributed by atoms with van der Waals surface area (Å²) in [6.07, 6.45) is 9.96. The topological polar surface area (TPSA) is 63.3 Å². The highest BCUT2D eigenvalue weighted by molar-refractivity contribution is 14.0. The first kappa shape index (κ1) is 21.6. The van der Waals surface area contributed by atoms with Gasteiger partial charge in [0.15, 0.2) is 5.96 Å². The number of hydrogen-bond acceptors (Lipinski definition) is 3. The molecule has 1 aliphatic heterocycles. The number of para-hydroxylation sites is 2. The lowest BCUT2D eigenvalue weighted by Crippen LogP contribution is -2.49. The second kappa shape index (κ2) is 10.1. The van der Waals surface area contributed by atoms with E-state index in [0.29, 0.717) is 12.0 Å². The lowest BCUT2D eigenvalue weighted by molar-refractivity contribution is 0.189. The zero-order chi connectivity index (χ0) is 19.3. The molecule has 3 heterocycles. The Hall–Kier alpha value is -2.10. The van der Waals surface area contributed by atoms with E-state index in [2.05, 4.69) is 65.6 Å². The van der Waals surface area contributed by atoms with Crippen LogP contribution in [-0.2, 0) is 6.54 Å². The van der Waals surface area contributed by atoms with Crippen molar-refractivity contribution >= 4 is 41.0 Å². The first-order valence-corrected chi connectivity index (χ1v) is 10.1. The van der Waals surface area contributed by atoms with Crippen molar-refractivity contribution in [2.75, 3.05) is 26.7 Å². The van der Waals surface area contributed by atoms with Crippen LogP contribution in [0.1, 0.15) is 25.8 Å². The molecule has 1 saturated heterocycles. The molecule has 0 bridgehead atoms. The molecule has 0 saturated carbocycles. The molecule has 1 aliphatic rings. The van der Waals surface area contributed by atoms with E-state index in [-0.39, 0.29) is 24.0 Å². The minimum Gasteiger partial charge on any atom is -0.356 e. The number of halogens is 1. The number of aliphatic imine (C=N–C) groups is 1. The van der Waals surface area contributed by atoms with Gasteiger partial charge < -0.3 is 19.4 Å². The lowest BCUT2D eigenvalue weighted by atomic mass is 9.93. The molecule has 7 nitrogen and oxygen atoms in total. The van der Waals surface area contributed by atoms with E-state index in [0.717, 1.165) is 50.5 Å². The van der Waals surface area contributed by atoms with Gasteiger partial charge in [0, 0.05) is 45.6 Å². The molecule has 1 N–H and O–H groups in total. The van der Waals surface area contributed by atoms with Gasteiger partial charge in [0.25, 0.3) is 0 Å². The number of aryl methyl sites for hydroxylation is 1. The van der Waals surface area contributed by atoms with E-state index in [4.69, 9.17) is 0 Å². The predicted octanol–water partition coefficient (Wildman–Crippen LogP) is 3.40. The Labute approximate surface area is 189 Å². The van der Waals surface area contributed by atoms with Gasteiger partial charge in [0.2, 0.25) is 0 Å². The third-order valence-corrected chi connectivity index (χ3v) is 5.72. The molecule has 2 aromatic heterocycles. The average molecular weight is 507 g/mol. The first-order valence-electron chi connectivity index (χ1n) is 10.1. The number of guanidine groups is 1. The van der Waals surface area contributed by atoms with Gasteiger partial charge in [0.1, 0.15) is 0 Å². The maximum absolute atomic E-state index is 4.52. The fraction of sp³-hybridized carbons (Fsp3) is 0.476. The fourth-order valence-electron chi connectivity index (χ4n) is 4.07. The third kappa shape index (κ3) is 4.91. The van der Waals surface area contributed by atoms with E-state index < -0.39 is 0 Å². The van der Waals surface area contributed by atoms with Crippen LogP contribution in [0, 0.1) is 5.92 Å². The standard InChI is InChI=1S/C21H29N7.HI/c1-17-8-12-26(14-20(17)28-13-10-23-15-28)21(22-2)24-9-5-11-27-16-25-18-6-3-4-7-19(18)27;/h3-4,6-7,10,13,15-17,20H,5,8-9,11-12,14H2,1-2H3,(H,22,24);1H. The number of nitrogens with one attached hydrogen (secondary N) is 1. The van der Waals surface area contributed by atoms with Crippen LogP contribution in [0.25, 0.3) is 11.0 Å². The van der Waals surface area contributed by atoms with Crippen LogP contribution in [0.5, 0.6) is 0 Å². The molecule has 4 rings (SSSR count). The quantitative estimate of drug-likeness (QED) is 0.249. The number of piperidine rings is 1. The number of benzene rings is 1. The molecule has 156 valence electrons. The summed E-state index contributed by atoms with van der Waals surface area (Å²) >= 11 is 0. The van der Waals surface area contributed by atoms with Crippen molar-refractivity contribution in [3.63, 3.8) is 0 Å². The van der Waals surface area contributed by atoms with Crippen molar-refractivity contribution in [3.05, 3.63) is 49.3 Å². The Morgan fingerprint density at radius 3 is 2.93 bits per heavy atom. The molecule has 0 spiro atoms. The normalized spacial score (nSPS) is 19.9. The van der Waals surface area contributed by atoms with E-state index in [9.17, 15) is 0 Å². The molecule has 8 heteroatoms. The van der Waals surface area contributed by atoms with Crippen LogP contribution in [0.15, 0.2) is 54.3 Å². The minimum atomic E-state index is 0. The largest absolute Gasteiger partial charge is 0.356 e. The molecule has 1 aromatic carbocycles.